The molecule has 0 unspecified atom stereocenters. The van der Waals surface area contributed by atoms with Gasteiger partial charge in [-0.2, -0.15) is 4.39 Å². The minimum atomic E-state index is -0.487. The number of hydrogen-bond acceptors (Lipinski definition) is 3. The van der Waals surface area contributed by atoms with Gasteiger partial charge in [-0.05, 0) is 25.1 Å². The molecule has 0 radical (unpaired) electrons. The van der Waals surface area contributed by atoms with Crippen LogP contribution in [0, 0.1) is 5.95 Å². The van der Waals surface area contributed by atoms with Crippen LogP contribution in [0.25, 0.3) is 16.6 Å². The SMILES string of the molecule is CCOc1cc2c(-c3ccc(F)nc3)cccn2n1. The number of aromatic nitrogens is 3. The van der Waals surface area contributed by atoms with Crippen LogP contribution in [0.2, 0.25) is 0 Å². The van der Waals surface area contributed by atoms with E-state index in [1.54, 1.807) is 10.6 Å². The van der Waals surface area contributed by atoms with Crippen LogP contribution < -0.4 is 4.74 Å². The fraction of sp³-hybridized carbons (Fsp3) is 0.143. The summed E-state index contributed by atoms with van der Waals surface area (Å²) in [6, 6.07) is 8.74. The van der Waals surface area contributed by atoms with Crippen LogP contribution in [0.5, 0.6) is 5.88 Å². The molecule has 0 atom stereocenters. The van der Waals surface area contributed by atoms with Crippen LogP contribution in [0.15, 0.2) is 42.7 Å². The third-order valence-electron chi connectivity index (χ3n) is 2.81. The first-order valence-electron chi connectivity index (χ1n) is 6.01. The van der Waals surface area contributed by atoms with Gasteiger partial charge in [-0.25, -0.2) is 9.50 Å². The Hall–Kier alpha value is -2.43. The topological polar surface area (TPSA) is 39.4 Å². The van der Waals surface area contributed by atoms with Crippen molar-refractivity contribution < 1.29 is 9.13 Å². The zero-order valence-electron chi connectivity index (χ0n) is 10.4. The number of ether oxygens (including phenoxy) is 1. The standard InChI is InChI=1S/C14H12FN3O/c1-2-19-14-8-12-11(4-3-7-18(12)17-14)10-5-6-13(15)16-9-10/h3-9H,2H2,1H3. The molecule has 0 aliphatic rings. The van der Waals surface area contributed by atoms with Gasteiger partial charge >= 0.3 is 0 Å². The van der Waals surface area contributed by atoms with E-state index in [-0.39, 0.29) is 0 Å². The van der Waals surface area contributed by atoms with Crippen molar-refractivity contribution in [3.05, 3.63) is 48.7 Å². The highest BCUT2D eigenvalue weighted by Crippen LogP contribution is 2.26. The van der Waals surface area contributed by atoms with Crippen molar-refractivity contribution in [1.82, 2.24) is 14.6 Å². The summed E-state index contributed by atoms with van der Waals surface area (Å²) in [5, 5.41) is 4.31. The zero-order valence-corrected chi connectivity index (χ0v) is 10.4. The van der Waals surface area contributed by atoms with Gasteiger partial charge in [0, 0.05) is 29.6 Å². The van der Waals surface area contributed by atoms with Crippen molar-refractivity contribution in [1.29, 1.82) is 0 Å². The Bertz CT molecular complexity index is 706. The Balaban J connectivity index is 2.15. The van der Waals surface area contributed by atoms with Gasteiger partial charge < -0.3 is 4.74 Å². The van der Waals surface area contributed by atoms with E-state index in [4.69, 9.17) is 4.74 Å². The summed E-state index contributed by atoms with van der Waals surface area (Å²) in [5.41, 5.74) is 2.68. The maximum absolute atomic E-state index is 12.9. The molecule has 0 amide bonds. The Morgan fingerprint density at radius 3 is 2.95 bits per heavy atom. The molecule has 3 aromatic rings. The van der Waals surface area contributed by atoms with E-state index in [0.717, 1.165) is 16.6 Å². The van der Waals surface area contributed by atoms with E-state index in [9.17, 15) is 4.39 Å². The summed E-state index contributed by atoms with van der Waals surface area (Å²) in [5.74, 6) is 0.0873. The molecule has 96 valence electrons. The van der Waals surface area contributed by atoms with Gasteiger partial charge in [-0.15, -0.1) is 5.10 Å². The van der Waals surface area contributed by atoms with Crippen LogP contribution in [0.4, 0.5) is 4.39 Å². The van der Waals surface area contributed by atoms with Gasteiger partial charge in [0.2, 0.25) is 11.8 Å². The second kappa shape index (κ2) is 4.68. The lowest BCUT2D eigenvalue weighted by Gasteiger charge is -2.02. The predicted molar refractivity (Wildman–Crippen MR) is 69.6 cm³/mol. The van der Waals surface area contributed by atoms with Crippen LogP contribution in [0.1, 0.15) is 6.92 Å². The lowest BCUT2D eigenvalue weighted by molar-refractivity contribution is 0.325. The van der Waals surface area contributed by atoms with Gasteiger partial charge in [0.25, 0.3) is 0 Å². The third kappa shape index (κ3) is 2.14. The van der Waals surface area contributed by atoms with Gasteiger partial charge in [-0.3, -0.25) is 0 Å². The lowest BCUT2D eigenvalue weighted by Crippen LogP contribution is -1.92. The maximum Gasteiger partial charge on any atom is 0.233 e. The molecule has 0 spiro atoms. The average Bonchev–Trinajstić information content (AvgIpc) is 2.82. The summed E-state index contributed by atoms with van der Waals surface area (Å²) in [6.45, 7) is 2.48. The van der Waals surface area contributed by atoms with Crippen LogP contribution in [-0.2, 0) is 0 Å². The van der Waals surface area contributed by atoms with E-state index in [2.05, 4.69) is 10.1 Å². The molecule has 4 nitrogen and oxygen atoms in total. The van der Waals surface area contributed by atoms with Crippen LogP contribution in [0.3, 0.4) is 0 Å². The molecule has 0 saturated heterocycles. The highest BCUT2D eigenvalue weighted by Gasteiger charge is 2.08. The van der Waals surface area contributed by atoms with E-state index in [0.29, 0.717) is 12.5 Å². The molecule has 0 fully saturated rings. The van der Waals surface area contributed by atoms with E-state index >= 15 is 0 Å². The quantitative estimate of drug-likeness (QED) is 0.677. The molecule has 3 rings (SSSR count). The van der Waals surface area contributed by atoms with Crippen molar-refractivity contribution in [2.75, 3.05) is 6.61 Å². The molecular weight excluding hydrogens is 245 g/mol. The number of nitrogens with zero attached hydrogens (tertiary/aromatic N) is 3. The molecule has 0 N–H and O–H groups in total. The molecule has 0 aromatic carbocycles. The smallest absolute Gasteiger partial charge is 0.233 e. The fourth-order valence-electron chi connectivity index (χ4n) is 1.99. The minimum Gasteiger partial charge on any atom is -0.477 e. The van der Waals surface area contributed by atoms with Crippen molar-refractivity contribution in [3.8, 4) is 17.0 Å². The minimum absolute atomic E-state index is 0.487. The molecule has 0 bridgehead atoms. The highest BCUT2D eigenvalue weighted by molar-refractivity contribution is 5.80. The summed E-state index contributed by atoms with van der Waals surface area (Å²) in [6.07, 6.45) is 3.36. The number of rotatable bonds is 3. The van der Waals surface area contributed by atoms with Crippen molar-refractivity contribution in [2.24, 2.45) is 0 Å². The second-order valence-corrected chi connectivity index (χ2v) is 4.04. The van der Waals surface area contributed by atoms with Crippen LogP contribution >= 0.6 is 0 Å². The summed E-state index contributed by atoms with van der Waals surface area (Å²) >= 11 is 0. The van der Waals surface area contributed by atoms with Crippen molar-refractivity contribution in [3.63, 3.8) is 0 Å². The van der Waals surface area contributed by atoms with E-state index < -0.39 is 5.95 Å². The summed E-state index contributed by atoms with van der Waals surface area (Å²) in [7, 11) is 0. The molecular formula is C14H12FN3O. The molecule has 0 saturated carbocycles. The molecule has 3 heterocycles. The number of hydrogen-bond donors (Lipinski definition) is 0. The van der Waals surface area contributed by atoms with Gasteiger partial charge in [0.15, 0.2) is 0 Å². The van der Waals surface area contributed by atoms with Crippen molar-refractivity contribution in [2.45, 2.75) is 6.92 Å². The van der Waals surface area contributed by atoms with Gasteiger partial charge in [-0.1, -0.05) is 6.07 Å². The first-order chi connectivity index (χ1) is 9.28. The number of fused-ring (bicyclic) bond motifs is 1. The predicted octanol–water partition coefficient (Wildman–Crippen LogP) is 2.93. The van der Waals surface area contributed by atoms with Gasteiger partial charge in [0.05, 0.1) is 12.1 Å². The van der Waals surface area contributed by atoms with E-state index in [1.807, 2.05) is 31.3 Å². The first-order valence-corrected chi connectivity index (χ1v) is 6.01. The Morgan fingerprint density at radius 2 is 2.21 bits per heavy atom. The highest BCUT2D eigenvalue weighted by atomic mass is 19.1. The number of halogens is 1. The largest absolute Gasteiger partial charge is 0.477 e. The molecule has 3 aromatic heterocycles. The number of pyridine rings is 2. The third-order valence-corrected chi connectivity index (χ3v) is 2.81. The molecule has 19 heavy (non-hydrogen) atoms. The fourth-order valence-corrected chi connectivity index (χ4v) is 1.99. The Labute approximate surface area is 109 Å². The molecule has 0 aliphatic carbocycles. The van der Waals surface area contributed by atoms with Gasteiger partial charge in [0.1, 0.15) is 0 Å². The summed E-state index contributed by atoms with van der Waals surface area (Å²) in [4.78, 5) is 3.68. The Kier molecular flexibility index (Phi) is 2.87. The van der Waals surface area contributed by atoms with Crippen LogP contribution in [-0.4, -0.2) is 21.2 Å². The zero-order chi connectivity index (χ0) is 13.2. The first kappa shape index (κ1) is 11.6. The second-order valence-electron chi connectivity index (χ2n) is 4.04. The molecule has 0 aliphatic heterocycles. The normalized spacial score (nSPS) is 10.8. The van der Waals surface area contributed by atoms with E-state index in [1.165, 1.54) is 12.3 Å². The Morgan fingerprint density at radius 1 is 1.32 bits per heavy atom. The maximum atomic E-state index is 12.9. The van der Waals surface area contributed by atoms with Crippen molar-refractivity contribution >= 4 is 5.52 Å². The molecule has 5 heteroatoms. The average molecular weight is 257 g/mol. The monoisotopic (exact) mass is 257 g/mol. The lowest BCUT2D eigenvalue weighted by atomic mass is 10.1. The summed E-state index contributed by atoms with van der Waals surface area (Å²) < 4.78 is 20.0.